The maximum Gasteiger partial charge on any atom is 0.119 e. The zero-order valence-corrected chi connectivity index (χ0v) is 12.7. The summed E-state index contributed by atoms with van der Waals surface area (Å²) in [5.41, 5.74) is 3.69. The molecule has 0 saturated heterocycles. The largest absolute Gasteiger partial charge is 0.491 e. The zero-order valence-electron chi connectivity index (χ0n) is 12.7. The van der Waals surface area contributed by atoms with Gasteiger partial charge in [0.05, 0.1) is 6.10 Å². The van der Waals surface area contributed by atoms with Crippen LogP contribution < -0.4 is 10.1 Å². The second-order valence-corrected chi connectivity index (χ2v) is 5.47. The SMILES string of the molecule is Cc1cccc(C(C)Nc2ccc(OC(C)C)cc2)c1. The Bertz CT molecular complexity index is 546. The minimum absolute atomic E-state index is 0.208. The number of nitrogens with one attached hydrogen (secondary N) is 1. The van der Waals surface area contributed by atoms with Gasteiger partial charge in [0.25, 0.3) is 0 Å². The molecule has 0 spiro atoms. The van der Waals surface area contributed by atoms with Gasteiger partial charge in [-0.3, -0.25) is 0 Å². The molecule has 0 fully saturated rings. The van der Waals surface area contributed by atoms with Gasteiger partial charge in [0.1, 0.15) is 5.75 Å². The first-order valence-electron chi connectivity index (χ1n) is 7.14. The van der Waals surface area contributed by atoms with Crippen LogP contribution in [0.25, 0.3) is 0 Å². The Morgan fingerprint density at radius 1 is 0.950 bits per heavy atom. The standard InChI is InChI=1S/C18H23NO/c1-13(2)20-18-10-8-17(9-11-18)19-15(4)16-7-5-6-14(3)12-16/h5-13,15,19H,1-4H3. The topological polar surface area (TPSA) is 21.3 Å². The maximum atomic E-state index is 5.65. The fourth-order valence-electron chi connectivity index (χ4n) is 2.17. The van der Waals surface area contributed by atoms with Crippen LogP contribution in [0.3, 0.4) is 0 Å². The van der Waals surface area contributed by atoms with Crippen molar-refractivity contribution in [3.05, 3.63) is 59.7 Å². The summed E-state index contributed by atoms with van der Waals surface area (Å²) in [4.78, 5) is 0. The highest BCUT2D eigenvalue weighted by Crippen LogP contribution is 2.22. The summed E-state index contributed by atoms with van der Waals surface area (Å²) in [6.07, 6.45) is 0.208. The number of ether oxygens (including phenoxy) is 1. The molecule has 106 valence electrons. The number of benzene rings is 2. The molecule has 1 N–H and O–H groups in total. The predicted molar refractivity (Wildman–Crippen MR) is 85.4 cm³/mol. The minimum atomic E-state index is 0.208. The smallest absolute Gasteiger partial charge is 0.119 e. The highest BCUT2D eigenvalue weighted by atomic mass is 16.5. The molecular weight excluding hydrogens is 246 g/mol. The van der Waals surface area contributed by atoms with Crippen LogP contribution in [0.15, 0.2) is 48.5 Å². The minimum Gasteiger partial charge on any atom is -0.491 e. The maximum absolute atomic E-state index is 5.65. The van der Waals surface area contributed by atoms with E-state index in [9.17, 15) is 0 Å². The molecule has 2 rings (SSSR count). The predicted octanol–water partition coefficient (Wildman–Crippen LogP) is 4.96. The molecule has 0 bridgehead atoms. The van der Waals surface area contributed by atoms with Gasteiger partial charge in [-0.1, -0.05) is 29.8 Å². The molecule has 0 aromatic heterocycles. The van der Waals surface area contributed by atoms with Gasteiger partial charge in [-0.25, -0.2) is 0 Å². The lowest BCUT2D eigenvalue weighted by molar-refractivity contribution is 0.242. The van der Waals surface area contributed by atoms with Crippen molar-refractivity contribution in [2.24, 2.45) is 0 Å². The lowest BCUT2D eigenvalue weighted by atomic mass is 10.1. The van der Waals surface area contributed by atoms with Gasteiger partial charge in [0.15, 0.2) is 0 Å². The van der Waals surface area contributed by atoms with Crippen molar-refractivity contribution in [1.29, 1.82) is 0 Å². The number of hydrogen-bond donors (Lipinski definition) is 1. The Kier molecular flexibility index (Phi) is 4.67. The van der Waals surface area contributed by atoms with Gasteiger partial charge in [0.2, 0.25) is 0 Å². The summed E-state index contributed by atoms with van der Waals surface area (Å²) in [6.45, 7) is 8.36. The van der Waals surface area contributed by atoms with Crippen molar-refractivity contribution >= 4 is 5.69 Å². The molecule has 2 nitrogen and oxygen atoms in total. The molecular formula is C18H23NO. The van der Waals surface area contributed by atoms with E-state index in [0.29, 0.717) is 0 Å². The normalized spacial score (nSPS) is 12.2. The van der Waals surface area contributed by atoms with Gasteiger partial charge in [-0.2, -0.15) is 0 Å². The Morgan fingerprint density at radius 2 is 1.65 bits per heavy atom. The van der Waals surface area contributed by atoms with Gasteiger partial charge in [-0.15, -0.1) is 0 Å². The molecule has 1 atom stereocenters. The number of anilines is 1. The number of aryl methyl sites for hydroxylation is 1. The summed E-state index contributed by atoms with van der Waals surface area (Å²) < 4.78 is 5.65. The third-order valence-corrected chi connectivity index (χ3v) is 3.15. The van der Waals surface area contributed by atoms with Crippen molar-refractivity contribution in [1.82, 2.24) is 0 Å². The van der Waals surface area contributed by atoms with E-state index in [4.69, 9.17) is 4.74 Å². The van der Waals surface area contributed by atoms with Crippen LogP contribution in [0.5, 0.6) is 5.75 Å². The van der Waals surface area contributed by atoms with Gasteiger partial charge >= 0.3 is 0 Å². The first-order valence-corrected chi connectivity index (χ1v) is 7.14. The number of hydrogen-bond acceptors (Lipinski definition) is 2. The van der Waals surface area contributed by atoms with Gasteiger partial charge < -0.3 is 10.1 Å². The summed E-state index contributed by atoms with van der Waals surface area (Å²) in [7, 11) is 0. The molecule has 0 aliphatic carbocycles. The van der Waals surface area contributed by atoms with Crippen LogP contribution in [0.4, 0.5) is 5.69 Å². The molecule has 0 radical (unpaired) electrons. The molecule has 2 aromatic carbocycles. The molecule has 0 saturated carbocycles. The summed E-state index contributed by atoms with van der Waals surface area (Å²) in [5.74, 6) is 0.911. The van der Waals surface area contributed by atoms with Crippen molar-refractivity contribution in [3.63, 3.8) is 0 Å². The molecule has 0 amide bonds. The van der Waals surface area contributed by atoms with E-state index >= 15 is 0 Å². The average molecular weight is 269 g/mol. The molecule has 2 heteroatoms. The lowest BCUT2D eigenvalue weighted by Crippen LogP contribution is -2.07. The summed E-state index contributed by atoms with van der Waals surface area (Å²) >= 11 is 0. The second-order valence-electron chi connectivity index (χ2n) is 5.47. The Hall–Kier alpha value is -1.96. The van der Waals surface area contributed by atoms with E-state index in [0.717, 1.165) is 11.4 Å². The highest BCUT2D eigenvalue weighted by Gasteiger charge is 2.05. The zero-order chi connectivity index (χ0) is 14.5. The fourth-order valence-corrected chi connectivity index (χ4v) is 2.17. The molecule has 0 heterocycles. The van der Waals surface area contributed by atoms with Crippen molar-refractivity contribution in [2.45, 2.75) is 39.8 Å². The number of rotatable bonds is 5. The molecule has 2 aromatic rings. The fraction of sp³-hybridized carbons (Fsp3) is 0.333. The molecule has 1 unspecified atom stereocenters. The molecule has 0 aliphatic rings. The van der Waals surface area contributed by atoms with E-state index in [2.05, 4.69) is 55.6 Å². The third-order valence-electron chi connectivity index (χ3n) is 3.15. The van der Waals surface area contributed by atoms with E-state index in [1.807, 2.05) is 26.0 Å². The van der Waals surface area contributed by atoms with E-state index in [-0.39, 0.29) is 12.1 Å². The Morgan fingerprint density at radius 3 is 2.25 bits per heavy atom. The van der Waals surface area contributed by atoms with Crippen LogP contribution in [-0.4, -0.2) is 6.10 Å². The molecule has 20 heavy (non-hydrogen) atoms. The van der Waals surface area contributed by atoms with Crippen LogP contribution in [0.2, 0.25) is 0 Å². The van der Waals surface area contributed by atoms with Gasteiger partial charge in [0, 0.05) is 11.7 Å². The lowest BCUT2D eigenvalue weighted by Gasteiger charge is -2.17. The van der Waals surface area contributed by atoms with Gasteiger partial charge in [-0.05, 0) is 57.5 Å². The average Bonchev–Trinajstić information content (AvgIpc) is 2.40. The quantitative estimate of drug-likeness (QED) is 0.828. The summed E-state index contributed by atoms with van der Waals surface area (Å²) in [6, 6.07) is 17.0. The first kappa shape index (κ1) is 14.4. The Labute approximate surface area is 121 Å². The van der Waals surface area contributed by atoms with Crippen LogP contribution >= 0.6 is 0 Å². The Balaban J connectivity index is 2.02. The van der Waals surface area contributed by atoms with Crippen molar-refractivity contribution in [2.75, 3.05) is 5.32 Å². The second kappa shape index (κ2) is 6.47. The van der Waals surface area contributed by atoms with Crippen LogP contribution in [0.1, 0.15) is 37.9 Å². The first-order chi connectivity index (χ1) is 9.54. The highest BCUT2D eigenvalue weighted by molar-refractivity contribution is 5.48. The van der Waals surface area contributed by atoms with Crippen molar-refractivity contribution in [3.8, 4) is 5.75 Å². The van der Waals surface area contributed by atoms with Crippen molar-refractivity contribution < 1.29 is 4.74 Å². The third kappa shape index (κ3) is 4.02. The van der Waals surface area contributed by atoms with E-state index in [1.165, 1.54) is 11.1 Å². The van der Waals surface area contributed by atoms with E-state index < -0.39 is 0 Å². The van der Waals surface area contributed by atoms with Crippen LogP contribution in [0, 0.1) is 6.92 Å². The monoisotopic (exact) mass is 269 g/mol. The van der Waals surface area contributed by atoms with E-state index in [1.54, 1.807) is 0 Å². The van der Waals surface area contributed by atoms with Crippen LogP contribution in [-0.2, 0) is 0 Å². The molecule has 0 aliphatic heterocycles. The summed E-state index contributed by atoms with van der Waals surface area (Å²) in [5, 5.41) is 3.51.